The fourth-order valence-electron chi connectivity index (χ4n) is 2.42. The van der Waals surface area contributed by atoms with Gasteiger partial charge in [-0.25, -0.2) is 17.5 Å². The van der Waals surface area contributed by atoms with Crippen LogP contribution in [0.25, 0.3) is 0 Å². The number of benzene rings is 1. The molecule has 0 radical (unpaired) electrons. The van der Waals surface area contributed by atoms with Crippen molar-refractivity contribution >= 4 is 27.3 Å². The lowest BCUT2D eigenvalue weighted by molar-refractivity contribution is 0.277. The molecular formula is C13H15ClFN5O2S. The zero-order chi connectivity index (χ0) is 16.6. The first kappa shape index (κ1) is 16.1. The van der Waals surface area contributed by atoms with Gasteiger partial charge in [0.05, 0.1) is 24.5 Å². The molecule has 2 aromatic rings. The lowest BCUT2D eigenvalue weighted by Gasteiger charge is -2.27. The average molecular weight is 360 g/mol. The first-order valence-corrected chi connectivity index (χ1v) is 9.28. The van der Waals surface area contributed by atoms with Gasteiger partial charge in [0.25, 0.3) is 0 Å². The van der Waals surface area contributed by atoms with Crippen molar-refractivity contribution in [1.29, 1.82) is 0 Å². The summed E-state index contributed by atoms with van der Waals surface area (Å²) in [6.45, 7) is -0.138. The molecule has 10 heteroatoms. The normalized spacial score (nSPS) is 15.4. The molecule has 1 aromatic heterocycles. The standard InChI is InChI=1S/C13H15ClFN5O2S/c1-23(21,22)19(12-6-5-9(14)7-11(12)15)8-13-16-17-18-20(13)10-3-2-4-10/h5-7,10H,2-4,8H2,1H3. The fraction of sp³-hybridized carbons (Fsp3) is 0.462. The Kier molecular flexibility index (Phi) is 4.24. The molecule has 3 rings (SSSR count). The summed E-state index contributed by atoms with van der Waals surface area (Å²) < 4.78 is 40.9. The van der Waals surface area contributed by atoms with Crippen molar-refractivity contribution in [3.05, 3.63) is 34.9 Å². The van der Waals surface area contributed by atoms with Gasteiger partial charge in [0, 0.05) is 5.02 Å². The monoisotopic (exact) mass is 359 g/mol. The van der Waals surface area contributed by atoms with E-state index < -0.39 is 15.8 Å². The summed E-state index contributed by atoms with van der Waals surface area (Å²) >= 11 is 5.73. The molecule has 1 saturated carbocycles. The van der Waals surface area contributed by atoms with Crippen molar-refractivity contribution in [2.45, 2.75) is 31.8 Å². The van der Waals surface area contributed by atoms with Gasteiger partial charge in [0.2, 0.25) is 10.0 Å². The zero-order valence-electron chi connectivity index (χ0n) is 12.4. The minimum atomic E-state index is -3.72. The Morgan fingerprint density at radius 1 is 1.43 bits per heavy atom. The molecule has 0 aliphatic heterocycles. The summed E-state index contributed by atoms with van der Waals surface area (Å²) in [4.78, 5) is 0. The van der Waals surface area contributed by atoms with E-state index in [1.54, 1.807) is 4.68 Å². The Morgan fingerprint density at radius 3 is 2.74 bits per heavy atom. The van der Waals surface area contributed by atoms with Gasteiger partial charge in [-0.1, -0.05) is 11.6 Å². The molecule has 0 spiro atoms. The fourth-order valence-corrected chi connectivity index (χ4v) is 3.44. The van der Waals surface area contributed by atoms with E-state index in [9.17, 15) is 12.8 Å². The van der Waals surface area contributed by atoms with Crippen LogP contribution in [0.5, 0.6) is 0 Å². The van der Waals surface area contributed by atoms with E-state index in [2.05, 4.69) is 15.5 Å². The van der Waals surface area contributed by atoms with Crippen LogP contribution in [0.2, 0.25) is 5.02 Å². The Morgan fingerprint density at radius 2 is 2.17 bits per heavy atom. The lowest BCUT2D eigenvalue weighted by atomic mass is 9.93. The predicted octanol–water partition coefficient (Wildman–Crippen LogP) is 2.16. The van der Waals surface area contributed by atoms with E-state index in [0.717, 1.165) is 35.9 Å². The number of sulfonamides is 1. The molecule has 0 amide bonds. The van der Waals surface area contributed by atoms with Crippen LogP contribution in [-0.2, 0) is 16.6 Å². The number of hydrogen-bond acceptors (Lipinski definition) is 5. The van der Waals surface area contributed by atoms with Gasteiger partial charge in [-0.2, -0.15) is 0 Å². The number of nitrogens with zero attached hydrogens (tertiary/aromatic N) is 5. The Balaban J connectivity index is 1.96. The van der Waals surface area contributed by atoms with Gasteiger partial charge in [0.1, 0.15) is 5.82 Å². The SMILES string of the molecule is CS(=O)(=O)N(Cc1nnnn1C1CCC1)c1ccc(Cl)cc1F. The third-order valence-corrected chi connectivity index (χ3v) is 5.21. The van der Waals surface area contributed by atoms with Gasteiger partial charge >= 0.3 is 0 Å². The van der Waals surface area contributed by atoms with Crippen molar-refractivity contribution < 1.29 is 12.8 Å². The van der Waals surface area contributed by atoms with Crippen molar-refractivity contribution in [1.82, 2.24) is 20.2 Å². The Hall–Kier alpha value is -1.74. The maximum absolute atomic E-state index is 14.1. The molecule has 7 nitrogen and oxygen atoms in total. The second kappa shape index (κ2) is 6.04. The van der Waals surface area contributed by atoms with Crippen molar-refractivity contribution in [3.8, 4) is 0 Å². The number of tetrazole rings is 1. The van der Waals surface area contributed by atoms with Crippen LogP contribution in [0.1, 0.15) is 31.1 Å². The highest BCUT2D eigenvalue weighted by molar-refractivity contribution is 7.92. The highest BCUT2D eigenvalue weighted by Gasteiger charge is 2.28. The van der Waals surface area contributed by atoms with Gasteiger partial charge in [-0.05, 0) is 47.9 Å². The molecule has 1 heterocycles. The maximum atomic E-state index is 14.1. The quantitative estimate of drug-likeness (QED) is 0.817. The topological polar surface area (TPSA) is 81.0 Å². The molecule has 23 heavy (non-hydrogen) atoms. The van der Waals surface area contributed by atoms with E-state index >= 15 is 0 Å². The van der Waals surface area contributed by atoms with Crippen LogP contribution in [0.15, 0.2) is 18.2 Å². The summed E-state index contributed by atoms with van der Waals surface area (Å²) in [7, 11) is -3.72. The summed E-state index contributed by atoms with van der Waals surface area (Å²) in [5.41, 5.74) is -0.0833. The van der Waals surface area contributed by atoms with Crippen LogP contribution in [-0.4, -0.2) is 34.9 Å². The summed E-state index contributed by atoms with van der Waals surface area (Å²) in [5, 5.41) is 11.6. The molecule has 124 valence electrons. The summed E-state index contributed by atoms with van der Waals surface area (Å²) in [6.07, 6.45) is 4.00. The Labute approximate surface area is 138 Å². The first-order valence-electron chi connectivity index (χ1n) is 7.06. The van der Waals surface area contributed by atoms with Crippen LogP contribution < -0.4 is 4.31 Å². The Bertz CT molecular complexity index is 822. The first-order chi connectivity index (χ1) is 10.9. The highest BCUT2D eigenvalue weighted by Crippen LogP contribution is 2.32. The second-order valence-electron chi connectivity index (χ2n) is 5.49. The van der Waals surface area contributed by atoms with Crippen LogP contribution >= 0.6 is 11.6 Å². The summed E-state index contributed by atoms with van der Waals surface area (Å²) in [6, 6.07) is 4.02. The molecule has 1 aliphatic carbocycles. The molecule has 0 saturated heterocycles. The van der Waals surface area contributed by atoms with Crippen LogP contribution in [0, 0.1) is 5.82 Å². The van der Waals surface area contributed by atoms with E-state index in [4.69, 9.17) is 11.6 Å². The van der Waals surface area contributed by atoms with Crippen LogP contribution in [0.3, 0.4) is 0 Å². The van der Waals surface area contributed by atoms with Gasteiger partial charge in [-0.15, -0.1) is 5.10 Å². The van der Waals surface area contributed by atoms with Gasteiger partial charge in [0.15, 0.2) is 5.82 Å². The molecule has 0 N–H and O–H groups in total. The highest BCUT2D eigenvalue weighted by atomic mass is 35.5. The predicted molar refractivity (Wildman–Crippen MR) is 83.1 cm³/mol. The number of rotatable bonds is 5. The molecule has 0 unspecified atom stereocenters. The maximum Gasteiger partial charge on any atom is 0.232 e. The smallest absolute Gasteiger partial charge is 0.232 e. The van der Waals surface area contributed by atoms with E-state index in [1.165, 1.54) is 12.1 Å². The third-order valence-electron chi connectivity index (χ3n) is 3.85. The number of halogens is 2. The largest absolute Gasteiger partial charge is 0.260 e. The molecule has 0 atom stereocenters. The second-order valence-corrected chi connectivity index (χ2v) is 7.83. The average Bonchev–Trinajstić information content (AvgIpc) is 2.81. The van der Waals surface area contributed by atoms with Crippen LogP contribution in [0.4, 0.5) is 10.1 Å². The zero-order valence-corrected chi connectivity index (χ0v) is 13.9. The number of hydrogen-bond donors (Lipinski definition) is 0. The third kappa shape index (κ3) is 3.30. The molecular weight excluding hydrogens is 345 g/mol. The van der Waals surface area contributed by atoms with E-state index in [1.807, 2.05) is 0 Å². The minimum Gasteiger partial charge on any atom is -0.260 e. The molecule has 1 aliphatic rings. The van der Waals surface area contributed by atoms with Gasteiger partial charge in [-0.3, -0.25) is 4.31 Å². The number of anilines is 1. The summed E-state index contributed by atoms with van der Waals surface area (Å²) in [5.74, 6) is -0.333. The van der Waals surface area contributed by atoms with Gasteiger partial charge < -0.3 is 0 Å². The van der Waals surface area contributed by atoms with E-state index in [-0.39, 0.29) is 23.3 Å². The molecule has 0 bridgehead atoms. The van der Waals surface area contributed by atoms with E-state index in [0.29, 0.717) is 5.82 Å². The minimum absolute atomic E-state index is 0.0833. The van der Waals surface area contributed by atoms with Crippen molar-refractivity contribution in [3.63, 3.8) is 0 Å². The van der Waals surface area contributed by atoms with Crippen molar-refractivity contribution in [2.75, 3.05) is 10.6 Å². The lowest BCUT2D eigenvalue weighted by Crippen LogP contribution is -2.32. The molecule has 1 aromatic carbocycles. The molecule has 1 fully saturated rings. The number of aromatic nitrogens is 4. The van der Waals surface area contributed by atoms with Crippen molar-refractivity contribution in [2.24, 2.45) is 0 Å².